The molecule has 0 aliphatic carbocycles. The van der Waals surface area contributed by atoms with Gasteiger partial charge in [0.15, 0.2) is 0 Å². The smallest absolute Gasteiger partial charge is 0.322 e. The van der Waals surface area contributed by atoms with Crippen LogP contribution in [0.1, 0.15) is 24.7 Å². The molecule has 3 rings (SSSR count). The number of nitrogens with one attached hydrogen (secondary N) is 1. The average molecular weight is 486 g/mol. The molecule has 0 radical (unpaired) electrons. The Balaban J connectivity index is 1.74. The molecule has 1 aromatic heterocycles. The van der Waals surface area contributed by atoms with Crippen molar-refractivity contribution in [1.82, 2.24) is 9.80 Å². The number of amides is 3. The minimum Gasteiger partial charge on any atom is -0.467 e. The van der Waals surface area contributed by atoms with Crippen molar-refractivity contribution in [3.05, 3.63) is 89.9 Å². The van der Waals surface area contributed by atoms with Gasteiger partial charge in [-0.05, 0) is 61.4 Å². The van der Waals surface area contributed by atoms with Gasteiger partial charge in [0.1, 0.15) is 23.9 Å². The zero-order valence-electron chi connectivity index (χ0n) is 19.6. The second-order valence-corrected chi connectivity index (χ2v) is 7.87. The van der Waals surface area contributed by atoms with E-state index in [2.05, 4.69) is 5.32 Å². The molecule has 0 saturated heterocycles. The van der Waals surface area contributed by atoms with Crippen LogP contribution in [0, 0.1) is 11.6 Å². The zero-order chi connectivity index (χ0) is 25.0. The third-order valence-corrected chi connectivity index (χ3v) is 5.18. The molecule has 0 atom stereocenters. The lowest BCUT2D eigenvalue weighted by Crippen LogP contribution is -2.44. The zero-order valence-corrected chi connectivity index (χ0v) is 19.6. The van der Waals surface area contributed by atoms with Crippen LogP contribution in [0.3, 0.4) is 0 Å². The normalized spacial score (nSPS) is 10.7. The summed E-state index contributed by atoms with van der Waals surface area (Å²) in [6.45, 7) is 3.29. The van der Waals surface area contributed by atoms with Crippen molar-refractivity contribution < 1.29 is 27.5 Å². The third kappa shape index (κ3) is 8.53. The predicted molar refractivity (Wildman–Crippen MR) is 127 cm³/mol. The van der Waals surface area contributed by atoms with Crippen LogP contribution in [0.15, 0.2) is 71.3 Å². The molecule has 0 aliphatic rings. The highest BCUT2D eigenvalue weighted by molar-refractivity contribution is 5.92. The molecular formula is C26H29F2N3O4. The minimum absolute atomic E-state index is 0.182. The highest BCUT2D eigenvalue weighted by Gasteiger charge is 2.23. The summed E-state index contributed by atoms with van der Waals surface area (Å²) in [6, 6.07) is 14.4. The van der Waals surface area contributed by atoms with E-state index in [0.717, 1.165) is 5.56 Å². The number of rotatable bonds is 12. The van der Waals surface area contributed by atoms with E-state index >= 15 is 0 Å². The van der Waals surface area contributed by atoms with Gasteiger partial charge in [0.25, 0.3) is 0 Å². The summed E-state index contributed by atoms with van der Waals surface area (Å²) in [5, 5.41) is 2.64. The van der Waals surface area contributed by atoms with E-state index in [4.69, 9.17) is 9.15 Å². The van der Waals surface area contributed by atoms with Crippen molar-refractivity contribution in [3.8, 4) is 0 Å². The average Bonchev–Trinajstić information content (AvgIpc) is 3.35. The van der Waals surface area contributed by atoms with E-state index in [0.29, 0.717) is 25.4 Å². The lowest BCUT2D eigenvalue weighted by Gasteiger charge is -2.27. The minimum atomic E-state index is -0.528. The Hall–Kier alpha value is -3.72. The maximum Gasteiger partial charge on any atom is 0.322 e. The number of ether oxygens (including phenoxy) is 1. The van der Waals surface area contributed by atoms with Crippen LogP contribution in [0.4, 0.5) is 19.3 Å². The van der Waals surface area contributed by atoms with Crippen LogP contribution < -0.4 is 5.32 Å². The number of furan rings is 1. The lowest BCUT2D eigenvalue weighted by molar-refractivity contribution is -0.133. The fourth-order valence-electron chi connectivity index (χ4n) is 3.42. The van der Waals surface area contributed by atoms with Crippen LogP contribution in [0.5, 0.6) is 0 Å². The number of urea groups is 1. The molecule has 186 valence electrons. The first-order valence-electron chi connectivity index (χ1n) is 11.4. The van der Waals surface area contributed by atoms with Gasteiger partial charge in [0, 0.05) is 32.0 Å². The van der Waals surface area contributed by atoms with Gasteiger partial charge in [-0.1, -0.05) is 18.2 Å². The number of carbonyl (C=O) groups is 2. The van der Waals surface area contributed by atoms with Gasteiger partial charge < -0.3 is 24.3 Å². The van der Waals surface area contributed by atoms with E-state index < -0.39 is 11.8 Å². The van der Waals surface area contributed by atoms with Crippen LogP contribution >= 0.6 is 0 Å². The van der Waals surface area contributed by atoms with Crippen LogP contribution in [0.25, 0.3) is 0 Å². The Morgan fingerprint density at radius 1 is 0.971 bits per heavy atom. The summed E-state index contributed by atoms with van der Waals surface area (Å²) in [7, 11) is 0. The van der Waals surface area contributed by atoms with E-state index in [1.807, 2.05) is 6.92 Å². The summed E-state index contributed by atoms with van der Waals surface area (Å²) < 4.78 is 37.7. The highest BCUT2D eigenvalue weighted by atomic mass is 19.1. The molecule has 0 fully saturated rings. The Kier molecular flexibility index (Phi) is 9.80. The number of nitrogens with zero attached hydrogens (tertiary/aromatic N) is 2. The summed E-state index contributed by atoms with van der Waals surface area (Å²) in [4.78, 5) is 29.2. The summed E-state index contributed by atoms with van der Waals surface area (Å²) in [6.07, 6.45) is 2.04. The maximum atomic E-state index is 13.6. The molecule has 7 nitrogen and oxygen atoms in total. The predicted octanol–water partition coefficient (Wildman–Crippen LogP) is 5.05. The SMILES string of the molecule is CCOCCCN(CC(=O)N(Cc1ccc(F)cc1)Cc1ccco1)C(=O)Nc1cccc(F)c1. The summed E-state index contributed by atoms with van der Waals surface area (Å²) >= 11 is 0. The molecule has 0 spiro atoms. The van der Waals surface area contributed by atoms with Crippen molar-refractivity contribution in [2.24, 2.45) is 0 Å². The fourth-order valence-corrected chi connectivity index (χ4v) is 3.42. The van der Waals surface area contributed by atoms with Crippen LogP contribution in [-0.4, -0.2) is 48.0 Å². The number of benzene rings is 2. The van der Waals surface area contributed by atoms with Gasteiger partial charge >= 0.3 is 6.03 Å². The Morgan fingerprint density at radius 3 is 2.46 bits per heavy atom. The third-order valence-electron chi connectivity index (χ3n) is 5.18. The molecule has 1 N–H and O–H groups in total. The second-order valence-electron chi connectivity index (χ2n) is 7.87. The molecule has 0 saturated carbocycles. The largest absolute Gasteiger partial charge is 0.467 e. The maximum absolute atomic E-state index is 13.6. The first-order valence-corrected chi connectivity index (χ1v) is 11.4. The number of hydrogen-bond donors (Lipinski definition) is 1. The van der Waals surface area contributed by atoms with Crippen LogP contribution in [0.2, 0.25) is 0 Å². The van der Waals surface area contributed by atoms with Gasteiger partial charge in [-0.2, -0.15) is 0 Å². The first-order chi connectivity index (χ1) is 16.9. The molecule has 0 aliphatic heterocycles. The monoisotopic (exact) mass is 485 g/mol. The molecule has 35 heavy (non-hydrogen) atoms. The van der Waals surface area contributed by atoms with E-state index in [9.17, 15) is 18.4 Å². The van der Waals surface area contributed by atoms with E-state index in [-0.39, 0.29) is 43.6 Å². The standard InChI is InChI=1S/C26H29F2N3O4/c1-2-34-14-5-13-30(26(33)29-23-7-3-6-22(28)16-23)19-25(32)31(18-24-8-4-15-35-24)17-20-9-11-21(27)12-10-20/h3-4,6-12,15-16H,2,5,13-14,17-19H2,1H3,(H,29,33). The second kappa shape index (κ2) is 13.2. The molecule has 0 unspecified atom stereocenters. The molecule has 3 amide bonds. The van der Waals surface area contributed by atoms with Gasteiger partial charge in [-0.3, -0.25) is 4.79 Å². The van der Waals surface area contributed by atoms with Gasteiger partial charge in [-0.25, -0.2) is 13.6 Å². The summed E-state index contributed by atoms with van der Waals surface area (Å²) in [5.41, 5.74) is 1.02. The van der Waals surface area contributed by atoms with E-state index in [1.54, 1.807) is 30.3 Å². The molecule has 1 heterocycles. The molecular weight excluding hydrogens is 456 g/mol. The molecule has 3 aromatic rings. The number of hydrogen-bond acceptors (Lipinski definition) is 4. The molecule has 2 aromatic carbocycles. The van der Waals surface area contributed by atoms with Gasteiger partial charge in [-0.15, -0.1) is 0 Å². The lowest BCUT2D eigenvalue weighted by atomic mass is 10.2. The quantitative estimate of drug-likeness (QED) is 0.365. The molecule has 9 heteroatoms. The number of carbonyl (C=O) groups excluding carboxylic acids is 2. The van der Waals surface area contributed by atoms with Crippen molar-refractivity contribution in [2.45, 2.75) is 26.4 Å². The van der Waals surface area contributed by atoms with Gasteiger partial charge in [0.2, 0.25) is 5.91 Å². The highest BCUT2D eigenvalue weighted by Crippen LogP contribution is 2.14. The summed E-state index contributed by atoms with van der Waals surface area (Å²) in [5.74, 6) is -0.595. The number of halogens is 2. The van der Waals surface area contributed by atoms with Crippen LogP contribution in [-0.2, 0) is 22.6 Å². The van der Waals surface area contributed by atoms with Crippen molar-refractivity contribution >= 4 is 17.6 Å². The Labute approximate surface area is 203 Å². The van der Waals surface area contributed by atoms with Crippen molar-refractivity contribution in [2.75, 3.05) is 31.6 Å². The Morgan fingerprint density at radius 2 is 1.77 bits per heavy atom. The molecule has 0 bridgehead atoms. The first kappa shape index (κ1) is 25.9. The topological polar surface area (TPSA) is 75.0 Å². The van der Waals surface area contributed by atoms with Crippen molar-refractivity contribution in [3.63, 3.8) is 0 Å². The number of anilines is 1. The van der Waals surface area contributed by atoms with Crippen molar-refractivity contribution in [1.29, 1.82) is 0 Å². The Bertz CT molecular complexity index is 1070. The van der Waals surface area contributed by atoms with Gasteiger partial charge in [0.05, 0.1) is 12.8 Å². The fraction of sp³-hybridized carbons (Fsp3) is 0.308. The van der Waals surface area contributed by atoms with E-state index in [1.165, 1.54) is 46.4 Å².